The summed E-state index contributed by atoms with van der Waals surface area (Å²) in [5, 5.41) is 0. The van der Waals surface area contributed by atoms with E-state index >= 15 is 0 Å². The Hall–Kier alpha value is 0. The molecule has 0 saturated heterocycles. The molecule has 2 spiro atoms. The fourth-order valence-electron chi connectivity index (χ4n) is 9.18. The van der Waals surface area contributed by atoms with Crippen LogP contribution in [0.5, 0.6) is 0 Å². The van der Waals surface area contributed by atoms with Crippen LogP contribution in [0.25, 0.3) is 0 Å². The van der Waals surface area contributed by atoms with Crippen LogP contribution < -0.4 is 0 Å². The molecule has 7 saturated carbocycles. The highest BCUT2D eigenvalue weighted by atomic mass is 15.1. The number of rotatable bonds is 0. The Labute approximate surface area is 78.1 Å². The van der Waals surface area contributed by atoms with Crippen molar-refractivity contribution in [1.82, 2.24) is 0 Å². The van der Waals surface area contributed by atoms with Crippen molar-refractivity contribution in [2.24, 2.45) is 58.2 Å². The summed E-state index contributed by atoms with van der Waals surface area (Å²) in [4.78, 5) is 0. The van der Waals surface area contributed by atoms with Crippen LogP contribution in [0, 0.1) is 58.2 Å². The van der Waals surface area contributed by atoms with E-state index in [1.807, 2.05) is 0 Å². The molecule has 7 rings (SSSR count). The first-order valence-electron chi connectivity index (χ1n) is 6.43. The molecule has 7 aliphatic rings. The molecule has 6 atom stereocenters. The smallest absolute Gasteiger partial charge is 0.0131 e. The summed E-state index contributed by atoms with van der Waals surface area (Å²) in [6, 6.07) is 0. The number of hydrogen-bond acceptors (Lipinski definition) is 0. The number of hydrogen-bond donors (Lipinski definition) is 0. The summed E-state index contributed by atoms with van der Waals surface area (Å²) in [6.07, 6.45) is 5.06. The maximum Gasteiger partial charge on any atom is -0.0131 e. The Morgan fingerprint density at radius 1 is 0.692 bits per heavy atom. The van der Waals surface area contributed by atoms with Gasteiger partial charge in [-0.3, -0.25) is 0 Å². The zero-order valence-corrected chi connectivity index (χ0v) is 7.74. The van der Waals surface area contributed by atoms with Crippen LogP contribution in [-0.2, 0) is 0 Å². The van der Waals surface area contributed by atoms with Crippen molar-refractivity contribution in [2.45, 2.75) is 19.3 Å². The minimum Gasteiger partial charge on any atom is -0.0464 e. The van der Waals surface area contributed by atoms with Gasteiger partial charge in [0.15, 0.2) is 0 Å². The van der Waals surface area contributed by atoms with E-state index in [4.69, 9.17) is 0 Å². The molecule has 0 aromatic rings. The lowest BCUT2D eigenvalue weighted by molar-refractivity contribution is -0.651. The monoisotopic (exact) mass is 170 g/mol. The van der Waals surface area contributed by atoms with Crippen LogP contribution in [0.4, 0.5) is 0 Å². The van der Waals surface area contributed by atoms with Crippen LogP contribution in [0.3, 0.4) is 0 Å². The Morgan fingerprint density at radius 2 is 1.38 bits per heavy atom. The van der Waals surface area contributed by atoms with E-state index in [2.05, 4.69) is 0 Å². The van der Waals surface area contributed by atoms with Crippen LogP contribution in [-0.4, -0.2) is 0 Å². The summed E-state index contributed by atoms with van der Waals surface area (Å²) in [5.41, 5.74) is 2.18. The molecule has 6 unspecified atom stereocenters. The van der Waals surface area contributed by atoms with E-state index in [1.54, 1.807) is 19.3 Å². The first kappa shape index (κ1) is 5.19. The standard InChI is InChI=1S/C13H14/c1-4-2-8-11-6-3-5-9(6)13(11)10(5)7(1)12(4,8)13/h4-11H,1-3H2. The Balaban J connectivity index is 1.62. The second-order valence-electron chi connectivity index (χ2n) is 7.39. The van der Waals surface area contributed by atoms with Gasteiger partial charge < -0.3 is 0 Å². The maximum absolute atomic E-state index is 1.69. The Kier molecular flexibility index (Phi) is 0.381. The predicted octanol–water partition coefficient (Wildman–Crippen LogP) is 2.15. The molecule has 0 bridgehead atoms. The lowest BCUT2D eigenvalue weighted by atomic mass is 8.92. The molecule has 0 N–H and O–H groups in total. The van der Waals surface area contributed by atoms with Gasteiger partial charge in [0.05, 0.1) is 0 Å². The van der Waals surface area contributed by atoms with Crippen molar-refractivity contribution in [3.8, 4) is 0 Å². The lowest BCUT2D eigenvalue weighted by Gasteiger charge is -3.12. The molecular formula is C13H14. The zero-order valence-electron chi connectivity index (χ0n) is 7.74. The Bertz CT molecular complexity index is 380. The fourth-order valence-corrected chi connectivity index (χ4v) is 9.18. The van der Waals surface area contributed by atoms with Crippen molar-refractivity contribution in [3.63, 3.8) is 0 Å². The van der Waals surface area contributed by atoms with E-state index in [9.17, 15) is 0 Å². The minimum absolute atomic E-state index is 1.08. The van der Waals surface area contributed by atoms with E-state index in [-0.39, 0.29) is 0 Å². The van der Waals surface area contributed by atoms with Crippen molar-refractivity contribution in [2.75, 3.05) is 0 Å². The van der Waals surface area contributed by atoms with E-state index < -0.39 is 0 Å². The van der Waals surface area contributed by atoms with Gasteiger partial charge in [-0.15, -0.1) is 0 Å². The average Bonchev–Trinajstić information content (AvgIpc) is 2.03. The summed E-state index contributed by atoms with van der Waals surface area (Å²) in [6.45, 7) is 0. The minimum atomic E-state index is 1.08. The highest BCUT2D eigenvalue weighted by Crippen LogP contribution is 3.11. The van der Waals surface area contributed by atoms with Gasteiger partial charge in [-0.05, 0) is 77.4 Å². The van der Waals surface area contributed by atoms with Gasteiger partial charge in [0, 0.05) is 0 Å². The van der Waals surface area contributed by atoms with Crippen molar-refractivity contribution < 1.29 is 0 Å². The molecule has 0 heteroatoms. The van der Waals surface area contributed by atoms with Gasteiger partial charge in [-0.1, -0.05) is 0 Å². The summed E-state index contributed by atoms with van der Waals surface area (Å²) >= 11 is 0. The topological polar surface area (TPSA) is 0 Å². The van der Waals surface area contributed by atoms with Crippen molar-refractivity contribution >= 4 is 0 Å². The van der Waals surface area contributed by atoms with Gasteiger partial charge in [0.25, 0.3) is 0 Å². The van der Waals surface area contributed by atoms with Crippen LogP contribution in [0.15, 0.2) is 0 Å². The summed E-state index contributed by atoms with van der Waals surface area (Å²) in [5.74, 6) is 10.4. The highest BCUT2D eigenvalue weighted by Gasteiger charge is 3.07. The van der Waals surface area contributed by atoms with Gasteiger partial charge >= 0.3 is 0 Å². The zero-order chi connectivity index (χ0) is 7.74. The maximum atomic E-state index is 1.69. The fraction of sp³-hybridized carbons (Fsp3) is 1.00. The quantitative estimate of drug-likeness (QED) is 0.522. The highest BCUT2D eigenvalue weighted by molar-refractivity contribution is 5.54. The molecule has 0 amide bonds. The first-order chi connectivity index (χ1) is 6.43. The SMILES string of the molecule is C1C2C3C1C1C4CC5CC6C2C31C564. The van der Waals surface area contributed by atoms with Crippen LogP contribution in [0.2, 0.25) is 0 Å². The second kappa shape index (κ2) is 0.955. The third kappa shape index (κ3) is 0.183. The molecule has 0 aromatic carbocycles. The van der Waals surface area contributed by atoms with Gasteiger partial charge in [0.1, 0.15) is 0 Å². The van der Waals surface area contributed by atoms with Crippen molar-refractivity contribution in [3.05, 3.63) is 0 Å². The van der Waals surface area contributed by atoms with E-state index in [0.717, 1.165) is 10.8 Å². The molecule has 7 fully saturated rings. The van der Waals surface area contributed by atoms with Gasteiger partial charge in [0.2, 0.25) is 0 Å². The molecule has 0 heterocycles. The molecule has 66 valence electrons. The molecule has 13 heavy (non-hydrogen) atoms. The average molecular weight is 170 g/mol. The summed E-state index contributed by atoms with van der Waals surface area (Å²) < 4.78 is 0. The summed E-state index contributed by atoms with van der Waals surface area (Å²) in [7, 11) is 0. The Morgan fingerprint density at radius 3 is 2.00 bits per heavy atom. The predicted molar refractivity (Wildman–Crippen MR) is 46.6 cm³/mol. The normalized spacial score (nSPS) is 102. The lowest BCUT2D eigenvalue weighted by Crippen LogP contribution is -3.08. The van der Waals surface area contributed by atoms with E-state index in [1.165, 1.54) is 47.3 Å². The molecule has 0 aromatic heterocycles. The largest absolute Gasteiger partial charge is 0.0464 e. The molecule has 0 nitrogen and oxygen atoms in total. The molecular weight excluding hydrogens is 156 g/mol. The van der Waals surface area contributed by atoms with Gasteiger partial charge in [-0.2, -0.15) is 0 Å². The molecule has 0 radical (unpaired) electrons. The van der Waals surface area contributed by atoms with Crippen molar-refractivity contribution in [1.29, 1.82) is 0 Å². The first-order valence-corrected chi connectivity index (χ1v) is 6.43. The third-order valence-corrected chi connectivity index (χ3v) is 8.64. The van der Waals surface area contributed by atoms with Gasteiger partial charge in [-0.25, -0.2) is 0 Å². The van der Waals surface area contributed by atoms with Crippen LogP contribution in [0.1, 0.15) is 19.3 Å². The second-order valence-corrected chi connectivity index (χ2v) is 7.39. The molecule has 0 aliphatic heterocycles. The van der Waals surface area contributed by atoms with Crippen LogP contribution >= 0.6 is 0 Å². The third-order valence-electron chi connectivity index (χ3n) is 8.64. The van der Waals surface area contributed by atoms with E-state index in [0.29, 0.717) is 0 Å². The molecule has 7 aliphatic carbocycles. The number of fused-ring (bicyclic) bond motifs is 4.